The van der Waals surface area contributed by atoms with Crippen LogP contribution in [0.25, 0.3) is 0 Å². The van der Waals surface area contributed by atoms with E-state index in [1.165, 1.54) is 64.2 Å². The van der Waals surface area contributed by atoms with E-state index in [-0.39, 0.29) is 0 Å². The zero-order valence-corrected chi connectivity index (χ0v) is 14.1. The highest BCUT2D eigenvalue weighted by molar-refractivity contribution is 4.85. The van der Waals surface area contributed by atoms with Gasteiger partial charge in [-0.2, -0.15) is 0 Å². The summed E-state index contributed by atoms with van der Waals surface area (Å²) in [5.41, 5.74) is 0. The molecule has 3 unspecified atom stereocenters. The molecule has 0 amide bonds. The van der Waals surface area contributed by atoms with E-state index in [0.717, 1.165) is 19.1 Å². The summed E-state index contributed by atoms with van der Waals surface area (Å²) in [6.45, 7) is 8.84. The van der Waals surface area contributed by atoms with Gasteiger partial charge in [-0.1, -0.05) is 59.3 Å². The van der Waals surface area contributed by atoms with Crippen LogP contribution in [0.15, 0.2) is 0 Å². The Morgan fingerprint density at radius 3 is 2.40 bits per heavy atom. The Morgan fingerprint density at radius 2 is 1.70 bits per heavy atom. The third-order valence-corrected chi connectivity index (χ3v) is 4.77. The smallest absolute Gasteiger partial charge is 0.0730 e. The van der Waals surface area contributed by atoms with Crippen molar-refractivity contribution in [2.75, 3.05) is 13.2 Å². The predicted octanol–water partition coefficient (Wildman–Crippen LogP) is 4.92. The highest BCUT2D eigenvalue weighted by atomic mass is 16.5. The summed E-state index contributed by atoms with van der Waals surface area (Å²) < 4.78 is 6.22. The second kappa shape index (κ2) is 11.6. The number of nitrogens with one attached hydrogen (secondary N) is 1. The summed E-state index contributed by atoms with van der Waals surface area (Å²) in [6, 6.07) is 0.600. The molecule has 0 aromatic heterocycles. The first-order chi connectivity index (χ1) is 9.81. The second-order valence-corrected chi connectivity index (χ2v) is 6.43. The number of hydrogen-bond acceptors (Lipinski definition) is 2. The van der Waals surface area contributed by atoms with Crippen LogP contribution in [-0.4, -0.2) is 25.3 Å². The predicted molar refractivity (Wildman–Crippen MR) is 88.2 cm³/mol. The summed E-state index contributed by atoms with van der Waals surface area (Å²) in [5.74, 6) is 0.888. The van der Waals surface area contributed by atoms with Crippen LogP contribution < -0.4 is 5.32 Å². The van der Waals surface area contributed by atoms with Crippen molar-refractivity contribution in [2.24, 2.45) is 5.92 Å². The quantitative estimate of drug-likeness (QED) is 0.543. The van der Waals surface area contributed by atoms with E-state index >= 15 is 0 Å². The summed E-state index contributed by atoms with van der Waals surface area (Å²) in [4.78, 5) is 0. The van der Waals surface area contributed by atoms with Gasteiger partial charge in [0.05, 0.1) is 6.10 Å². The fraction of sp³-hybridized carbons (Fsp3) is 1.00. The maximum absolute atomic E-state index is 6.22. The zero-order chi connectivity index (χ0) is 14.6. The van der Waals surface area contributed by atoms with Crippen LogP contribution in [0.3, 0.4) is 0 Å². The minimum absolute atomic E-state index is 0.462. The lowest BCUT2D eigenvalue weighted by Gasteiger charge is -2.36. The molecular weight excluding hydrogens is 246 g/mol. The molecule has 120 valence electrons. The van der Waals surface area contributed by atoms with Crippen LogP contribution in [0, 0.1) is 5.92 Å². The Bertz CT molecular complexity index is 219. The van der Waals surface area contributed by atoms with Crippen molar-refractivity contribution in [3.8, 4) is 0 Å². The summed E-state index contributed by atoms with van der Waals surface area (Å²) in [6.07, 6.45) is 13.8. The largest absolute Gasteiger partial charge is 0.377 e. The Balaban J connectivity index is 2.16. The molecule has 1 aliphatic rings. The van der Waals surface area contributed by atoms with E-state index in [1.54, 1.807) is 0 Å². The maximum atomic E-state index is 6.22. The van der Waals surface area contributed by atoms with E-state index in [9.17, 15) is 0 Å². The fourth-order valence-corrected chi connectivity index (χ4v) is 3.38. The standard InChI is InChI=1S/C18H37NO/c1-4-7-8-9-10-11-14-20-18-15-16(5-2)12-13-17(18)19-6-3/h16-19H,4-15H2,1-3H3. The third-order valence-electron chi connectivity index (χ3n) is 4.77. The minimum Gasteiger partial charge on any atom is -0.377 e. The topological polar surface area (TPSA) is 21.3 Å². The molecule has 0 spiro atoms. The Labute approximate surface area is 127 Å². The van der Waals surface area contributed by atoms with Gasteiger partial charge >= 0.3 is 0 Å². The van der Waals surface area contributed by atoms with Gasteiger partial charge in [-0.15, -0.1) is 0 Å². The van der Waals surface area contributed by atoms with Gasteiger partial charge in [0.25, 0.3) is 0 Å². The van der Waals surface area contributed by atoms with Gasteiger partial charge in [0.1, 0.15) is 0 Å². The van der Waals surface area contributed by atoms with Crippen LogP contribution in [-0.2, 0) is 4.74 Å². The van der Waals surface area contributed by atoms with E-state index < -0.39 is 0 Å². The maximum Gasteiger partial charge on any atom is 0.0730 e. The fourth-order valence-electron chi connectivity index (χ4n) is 3.38. The number of ether oxygens (including phenoxy) is 1. The van der Waals surface area contributed by atoms with Crippen molar-refractivity contribution < 1.29 is 4.74 Å². The molecule has 2 heteroatoms. The lowest BCUT2D eigenvalue weighted by molar-refractivity contribution is -0.0116. The molecule has 1 aliphatic carbocycles. The van der Waals surface area contributed by atoms with Crippen molar-refractivity contribution in [3.63, 3.8) is 0 Å². The summed E-state index contributed by atoms with van der Waals surface area (Å²) >= 11 is 0. The first kappa shape index (κ1) is 18.0. The van der Waals surface area contributed by atoms with Crippen LogP contribution >= 0.6 is 0 Å². The monoisotopic (exact) mass is 283 g/mol. The highest BCUT2D eigenvalue weighted by Gasteiger charge is 2.29. The van der Waals surface area contributed by atoms with E-state index in [2.05, 4.69) is 26.1 Å². The Morgan fingerprint density at radius 1 is 0.950 bits per heavy atom. The van der Waals surface area contributed by atoms with Gasteiger partial charge in [0.2, 0.25) is 0 Å². The molecule has 0 radical (unpaired) electrons. The number of likely N-dealkylation sites (N-methyl/N-ethyl adjacent to an activating group) is 1. The molecule has 2 nitrogen and oxygen atoms in total. The van der Waals surface area contributed by atoms with E-state index in [0.29, 0.717) is 12.1 Å². The first-order valence-corrected chi connectivity index (χ1v) is 9.16. The van der Waals surface area contributed by atoms with Crippen LogP contribution in [0.5, 0.6) is 0 Å². The molecule has 0 aliphatic heterocycles. The van der Waals surface area contributed by atoms with Crippen LogP contribution in [0.4, 0.5) is 0 Å². The van der Waals surface area contributed by atoms with Gasteiger partial charge < -0.3 is 10.1 Å². The number of unbranched alkanes of at least 4 members (excludes halogenated alkanes) is 5. The van der Waals surface area contributed by atoms with Crippen LogP contribution in [0.2, 0.25) is 0 Å². The summed E-state index contributed by atoms with van der Waals surface area (Å²) in [7, 11) is 0. The first-order valence-electron chi connectivity index (χ1n) is 9.16. The normalized spacial score (nSPS) is 26.9. The van der Waals surface area contributed by atoms with Crippen molar-refractivity contribution in [3.05, 3.63) is 0 Å². The average molecular weight is 284 g/mol. The van der Waals surface area contributed by atoms with E-state index in [4.69, 9.17) is 4.74 Å². The molecule has 1 rings (SSSR count). The van der Waals surface area contributed by atoms with Gasteiger partial charge in [-0.05, 0) is 38.1 Å². The van der Waals surface area contributed by atoms with Gasteiger partial charge in [0, 0.05) is 12.6 Å². The number of rotatable bonds is 11. The average Bonchev–Trinajstić information content (AvgIpc) is 2.48. The van der Waals surface area contributed by atoms with Crippen molar-refractivity contribution in [1.29, 1.82) is 0 Å². The molecule has 1 saturated carbocycles. The molecule has 0 heterocycles. The number of hydrogen-bond donors (Lipinski definition) is 1. The van der Waals surface area contributed by atoms with Gasteiger partial charge in [-0.25, -0.2) is 0 Å². The SMILES string of the molecule is CCCCCCCCOC1CC(CC)CCC1NCC. The van der Waals surface area contributed by atoms with Crippen molar-refractivity contribution in [1.82, 2.24) is 5.32 Å². The molecular formula is C18H37NO. The van der Waals surface area contributed by atoms with E-state index in [1.807, 2.05) is 0 Å². The lowest BCUT2D eigenvalue weighted by atomic mass is 9.82. The van der Waals surface area contributed by atoms with Crippen molar-refractivity contribution >= 4 is 0 Å². The van der Waals surface area contributed by atoms with Gasteiger partial charge in [-0.3, -0.25) is 0 Å². The third kappa shape index (κ3) is 7.08. The van der Waals surface area contributed by atoms with Crippen LogP contribution in [0.1, 0.15) is 85.0 Å². The molecule has 0 aromatic rings. The molecule has 1 fully saturated rings. The van der Waals surface area contributed by atoms with Gasteiger partial charge in [0.15, 0.2) is 0 Å². The zero-order valence-electron chi connectivity index (χ0n) is 14.1. The molecule has 1 N–H and O–H groups in total. The van der Waals surface area contributed by atoms with Crippen molar-refractivity contribution in [2.45, 2.75) is 97.1 Å². The molecule has 3 atom stereocenters. The Hall–Kier alpha value is -0.0800. The second-order valence-electron chi connectivity index (χ2n) is 6.43. The lowest BCUT2D eigenvalue weighted by Crippen LogP contribution is -2.45. The Kier molecular flexibility index (Phi) is 10.4. The summed E-state index contributed by atoms with van der Waals surface area (Å²) in [5, 5.41) is 3.62. The molecule has 0 saturated heterocycles. The highest BCUT2D eigenvalue weighted by Crippen LogP contribution is 2.29. The molecule has 0 aromatic carbocycles. The molecule has 0 bridgehead atoms. The minimum atomic E-state index is 0.462. The molecule has 20 heavy (non-hydrogen) atoms.